The van der Waals surface area contributed by atoms with Crippen LogP contribution < -0.4 is 10.6 Å². The van der Waals surface area contributed by atoms with E-state index < -0.39 is 0 Å². The Morgan fingerprint density at radius 1 is 1.33 bits per heavy atom. The van der Waals surface area contributed by atoms with Gasteiger partial charge in [0.1, 0.15) is 5.82 Å². The summed E-state index contributed by atoms with van der Waals surface area (Å²) in [5.41, 5.74) is 7.72. The first-order valence-electron chi connectivity index (χ1n) is 5.20. The fraction of sp³-hybridized carbons (Fsp3) is 0.400. The van der Waals surface area contributed by atoms with E-state index in [0.717, 1.165) is 24.2 Å². The smallest absolute Gasteiger partial charge is 0.185 e. The van der Waals surface area contributed by atoms with E-state index in [4.69, 9.17) is 5.73 Å². The number of nitrogens with one attached hydrogen (secondary N) is 1. The van der Waals surface area contributed by atoms with Crippen molar-refractivity contribution in [2.75, 3.05) is 23.7 Å². The molecule has 78 valence electrons. The lowest BCUT2D eigenvalue weighted by molar-refractivity contribution is 0.949. The first-order valence-corrected chi connectivity index (χ1v) is 5.20. The van der Waals surface area contributed by atoms with Gasteiger partial charge < -0.3 is 10.6 Å². The molecule has 15 heavy (non-hydrogen) atoms. The van der Waals surface area contributed by atoms with Crippen LogP contribution in [0.15, 0.2) is 12.3 Å². The zero-order valence-corrected chi connectivity index (χ0v) is 8.40. The Morgan fingerprint density at radius 2 is 2.13 bits per heavy atom. The Labute approximate surface area is 87.3 Å². The predicted molar refractivity (Wildman–Crippen MR) is 59.7 cm³/mol. The number of aromatic amines is 1. The molecule has 1 aliphatic heterocycles. The van der Waals surface area contributed by atoms with E-state index in [1.807, 2.05) is 6.07 Å². The number of H-pyrrole nitrogens is 1. The van der Waals surface area contributed by atoms with E-state index in [1.165, 1.54) is 12.8 Å². The van der Waals surface area contributed by atoms with E-state index in [-0.39, 0.29) is 0 Å². The summed E-state index contributed by atoms with van der Waals surface area (Å²) in [6.07, 6.45) is 4.29. The molecule has 1 saturated heterocycles. The van der Waals surface area contributed by atoms with E-state index >= 15 is 0 Å². The molecule has 0 radical (unpaired) electrons. The zero-order chi connectivity index (χ0) is 10.3. The molecule has 0 aromatic carbocycles. The lowest BCUT2D eigenvalue weighted by Gasteiger charge is -2.18. The number of hydrogen-bond acceptors (Lipinski definition) is 4. The van der Waals surface area contributed by atoms with Crippen LogP contribution in [-0.2, 0) is 0 Å². The third-order valence-electron chi connectivity index (χ3n) is 2.91. The van der Waals surface area contributed by atoms with Gasteiger partial charge in [-0.25, -0.2) is 4.98 Å². The van der Waals surface area contributed by atoms with Crippen molar-refractivity contribution in [3.63, 3.8) is 0 Å². The van der Waals surface area contributed by atoms with Gasteiger partial charge in [-0.05, 0) is 18.9 Å². The molecule has 0 amide bonds. The quantitative estimate of drug-likeness (QED) is 0.729. The maximum Gasteiger partial charge on any atom is 0.185 e. The van der Waals surface area contributed by atoms with Gasteiger partial charge >= 0.3 is 0 Å². The van der Waals surface area contributed by atoms with Crippen molar-refractivity contribution < 1.29 is 0 Å². The summed E-state index contributed by atoms with van der Waals surface area (Å²) < 4.78 is 0. The third-order valence-corrected chi connectivity index (χ3v) is 2.91. The van der Waals surface area contributed by atoms with Gasteiger partial charge in [-0.1, -0.05) is 0 Å². The number of rotatable bonds is 1. The lowest BCUT2D eigenvalue weighted by atomic mass is 10.2. The van der Waals surface area contributed by atoms with Crippen molar-refractivity contribution in [1.29, 1.82) is 0 Å². The summed E-state index contributed by atoms with van der Waals surface area (Å²) in [6, 6.07) is 2.01. The average Bonchev–Trinajstić information content (AvgIpc) is 2.88. The minimum absolute atomic E-state index is 0.611. The fourth-order valence-corrected chi connectivity index (χ4v) is 2.17. The van der Waals surface area contributed by atoms with Crippen molar-refractivity contribution in [3.8, 4) is 0 Å². The topological polar surface area (TPSA) is 70.8 Å². The van der Waals surface area contributed by atoms with Gasteiger partial charge in [0, 0.05) is 19.3 Å². The molecule has 2 aromatic heterocycles. The van der Waals surface area contributed by atoms with E-state index in [9.17, 15) is 0 Å². The maximum atomic E-state index is 5.86. The van der Waals surface area contributed by atoms with Crippen molar-refractivity contribution in [2.24, 2.45) is 0 Å². The standard InChI is InChI=1S/C10H13N5/c11-9-8-7(15-5-1-2-6-15)3-4-12-10(8)14-13-9/h3-4H,1-2,5-6H2,(H3,11,12,13,14). The van der Waals surface area contributed by atoms with Crippen LogP contribution in [-0.4, -0.2) is 28.3 Å². The Kier molecular flexibility index (Phi) is 1.77. The molecular formula is C10H13N5. The second kappa shape index (κ2) is 3.12. The number of aromatic nitrogens is 3. The van der Waals surface area contributed by atoms with Crippen LogP contribution in [0.1, 0.15) is 12.8 Å². The highest BCUT2D eigenvalue weighted by Crippen LogP contribution is 2.30. The molecule has 0 bridgehead atoms. The number of nitrogen functional groups attached to an aromatic ring is 1. The Hall–Kier alpha value is -1.78. The first-order chi connectivity index (χ1) is 7.36. The predicted octanol–water partition coefficient (Wildman–Crippen LogP) is 1.14. The lowest BCUT2D eigenvalue weighted by Crippen LogP contribution is -2.18. The number of anilines is 2. The molecule has 2 aromatic rings. The largest absolute Gasteiger partial charge is 0.383 e. The SMILES string of the molecule is Nc1[nH]nc2nccc(N3CCCC3)c12. The van der Waals surface area contributed by atoms with Crippen LogP contribution in [0, 0.1) is 0 Å². The molecule has 0 spiro atoms. The van der Waals surface area contributed by atoms with E-state index in [0.29, 0.717) is 11.5 Å². The molecule has 0 unspecified atom stereocenters. The van der Waals surface area contributed by atoms with E-state index in [2.05, 4.69) is 20.1 Å². The van der Waals surface area contributed by atoms with Gasteiger partial charge in [0.05, 0.1) is 11.1 Å². The Balaban J connectivity index is 2.19. The second-order valence-corrected chi connectivity index (χ2v) is 3.86. The highest BCUT2D eigenvalue weighted by atomic mass is 15.2. The Bertz CT molecular complexity index is 484. The second-order valence-electron chi connectivity index (χ2n) is 3.86. The molecule has 0 atom stereocenters. The molecule has 5 heteroatoms. The summed E-state index contributed by atoms with van der Waals surface area (Å²) in [5, 5.41) is 7.80. The van der Waals surface area contributed by atoms with Gasteiger partial charge in [-0.3, -0.25) is 5.10 Å². The van der Waals surface area contributed by atoms with Crippen molar-refractivity contribution >= 4 is 22.5 Å². The van der Waals surface area contributed by atoms with Crippen molar-refractivity contribution in [2.45, 2.75) is 12.8 Å². The first kappa shape index (κ1) is 8.52. The van der Waals surface area contributed by atoms with Gasteiger partial charge in [0.2, 0.25) is 0 Å². The molecular weight excluding hydrogens is 190 g/mol. The molecule has 0 saturated carbocycles. The monoisotopic (exact) mass is 203 g/mol. The van der Waals surface area contributed by atoms with Crippen LogP contribution in [0.2, 0.25) is 0 Å². The molecule has 3 rings (SSSR count). The maximum absolute atomic E-state index is 5.86. The van der Waals surface area contributed by atoms with Gasteiger partial charge in [-0.15, -0.1) is 0 Å². The number of fused-ring (bicyclic) bond motifs is 1. The summed E-state index contributed by atoms with van der Waals surface area (Å²) in [6.45, 7) is 2.20. The minimum Gasteiger partial charge on any atom is -0.383 e. The minimum atomic E-state index is 0.611. The number of pyridine rings is 1. The van der Waals surface area contributed by atoms with Gasteiger partial charge in [0.15, 0.2) is 5.65 Å². The molecule has 3 heterocycles. The molecule has 3 N–H and O–H groups in total. The van der Waals surface area contributed by atoms with Crippen LogP contribution in [0.3, 0.4) is 0 Å². The number of hydrogen-bond donors (Lipinski definition) is 2. The Morgan fingerprint density at radius 3 is 2.93 bits per heavy atom. The van der Waals surface area contributed by atoms with Crippen LogP contribution in [0.25, 0.3) is 11.0 Å². The zero-order valence-electron chi connectivity index (χ0n) is 8.40. The van der Waals surface area contributed by atoms with Gasteiger partial charge in [0.25, 0.3) is 0 Å². The molecule has 1 fully saturated rings. The summed E-state index contributed by atoms with van der Waals surface area (Å²) in [5.74, 6) is 0.611. The summed E-state index contributed by atoms with van der Waals surface area (Å²) in [7, 11) is 0. The average molecular weight is 203 g/mol. The fourth-order valence-electron chi connectivity index (χ4n) is 2.17. The van der Waals surface area contributed by atoms with Crippen LogP contribution in [0.5, 0.6) is 0 Å². The molecule has 5 nitrogen and oxygen atoms in total. The van der Waals surface area contributed by atoms with Crippen molar-refractivity contribution in [1.82, 2.24) is 15.2 Å². The molecule has 1 aliphatic rings. The van der Waals surface area contributed by atoms with Crippen molar-refractivity contribution in [3.05, 3.63) is 12.3 Å². The molecule has 0 aliphatic carbocycles. The highest BCUT2D eigenvalue weighted by molar-refractivity contribution is 5.97. The van der Waals surface area contributed by atoms with Gasteiger partial charge in [-0.2, -0.15) is 5.10 Å². The highest BCUT2D eigenvalue weighted by Gasteiger charge is 2.17. The third kappa shape index (κ3) is 1.23. The number of nitrogens with zero attached hydrogens (tertiary/aromatic N) is 3. The summed E-state index contributed by atoms with van der Waals surface area (Å²) in [4.78, 5) is 6.53. The summed E-state index contributed by atoms with van der Waals surface area (Å²) >= 11 is 0. The number of nitrogens with two attached hydrogens (primary N) is 1. The van der Waals surface area contributed by atoms with Crippen LogP contribution >= 0.6 is 0 Å². The van der Waals surface area contributed by atoms with Crippen LogP contribution in [0.4, 0.5) is 11.5 Å². The van der Waals surface area contributed by atoms with E-state index in [1.54, 1.807) is 6.20 Å². The normalized spacial score (nSPS) is 16.4.